The lowest BCUT2D eigenvalue weighted by Gasteiger charge is -2.34. The standard InChI is InChI=1S/C37H36F2N6O4/c1-36(2)12-13-37(3,23-6-4-5-22(15-23)7-10-33(46)47)32-18-41-35(42-32)27-16-25(8-9-29(27)38)49-34-28(20-45-19-24(21-48-36)43-44-45)26-11-14-40-31(26)17-30(34)39/h4-6,8-9,11,14-19,40H,7,10,12-13,20-21H2,1-3H3,(H,41,42)(H,46,47). The number of halogens is 2. The number of fused-ring (bicyclic) bond motifs is 10. The van der Waals surface area contributed by atoms with Crippen molar-refractivity contribution in [2.45, 2.75) is 70.6 Å². The molecule has 0 radical (unpaired) electrons. The van der Waals surface area contributed by atoms with Gasteiger partial charge < -0.3 is 24.5 Å². The third-order valence-corrected chi connectivity index (χ3v) is 9.39. The summed E-state index contributed by atoms with van der Waals surface area (Å²) in [4.78, 5) is 22.3. The topological polar surface area (TPSA) is 131 Å². The van der Waals surface area contributed by atoms with Crippen LogP contribution in [0.4, 0.5) is 8.78 Å². The van der Waals surface area contributed by atoms with Crippen LogP contribution >= 0.6 is 0 Å². The number of carboxylic acid groups (broad SMARTS) is 1. The Hall–Kier alpha value is -5.36. The predicted molar refractivity (Wildman–Crippen MR) is 178 cm³/mol. The summed E-state index contributed by atoms with van der Waals surface area (Å²) in [6, 6.07) is 15.3. The molecule has 1 aliphatic heterocycles. The minimum atomic E-state index is -0.863. The van der Waals surface area contributed by atoms with E-state index in [-0.39, 0.29) is 42.5 Å². The maximum absolute atomic E-state index is 15.7. The first kappa shape index (κ1) is 32.2. The number of H-pyrrole nitrogens is 2. The summed E-state index contributed by atoms with van der Waals surface area (Å²) in [7, 11) is 0. The van der Waals surface area contributed by atoms with Crippen molar-refractivity contribution in [3.8, 4) is 22.9 Å². The molecule has 0 saturated heterocycles. The van der Waals surface area contributed by atoms with Gasteiger partial charge in [0.25, 0.3) is 0 Å². The number of carbonyl (C=O) groups is 1. The number of aryl methyl sites for hydroxylation is 1. The van der Waals surface area contributed by atoms with Gasteiger partial charge in [0.15, 0.2) is 11.6 Å². The van der Waals surface area contributed by atoms with Crippen LogP contribution in [0.15, 0.2) is 73.2 Å². The van der Waals surface area contributed by atoms with Gasteiger partial charge in [-0.25, -0.2) is 18.4 Å². The third kappa shape index (κ3) is 6.56. The first-order chi connectivity index (χ1) is 23.5. The van der Waals surface area contributed by atoms with E-state index < -0.39 is 28.6 Å². The maximum Gasteiger partial charge on any atom is 0.303 e. The largest absolute Gasteiger partial charge is 0.481 e. The van der Waals surface area contributed by atoms with Crippen LogP contribution in [-0.4, -0.2) is 46.6 Å². The fourth-order valence-electron chi connectivity index (χ4n) is 6.39. The number of hydrogen-bond acceptors (Lipinski definition) is 6. The van der Waals surface area contributed by atoms with Gasteiger partial charge in [0, 0.05) is 52.5 Å². The van der Waals surface area contributed by atoms with Gasteiger partial charge in [0.1, 0.15) is 23.1 Å². The Labute approximate surface area is 281 Å². The quantitative estimate of drug-likeness (QED) is 0.176. The van der Waals surface area contributed by atoms with Crippen molar-refractivity contribution in [3.63, 3.8) is 0 Å². The number of carboxylic acids is 1. The van der Waals surface area contributed by atoms with Gasteiger partial charge in [-0.3, -0.25) is 4.79 Å². The second-order valence-electron chi connectivity index (χ2n) is 13.4. The molecule has 252 valence electrons. The van der Waals surface area contributed by atoms with Gasteiger partial charge in [0.2, 0.25) is 0 Å². The first-order valence-corrected chi connectivity index (χ1v) is 16.1. The average Bonchev–Trinajstić information content (AvgIpc) is 3.86. The second kappa shape index (κ2) is 12.6. The zero-order valence-electron chi connectivity index (χ0n) is 27.4. The van der Waals surface area contributed by atoms with Crippen molar-refractivity contribution >= 4 is 16.9 Å². The van der Waals surface area contributed by atoms with Gasteiger partial charge in [-0.2, -0.15) is 0 Å². The molecular weight excluding hydrogens is 630 g/mol. The Balaban J connectivity index is 1.35. The number of nitrogens with one attached hydrogen (secondary N) is 2. The lowest BCUT2D eigenvalue weighted by atomic mass is 9.74. The van der Waals surface area contributed by atoms with E-state index in [1.165, 1.54) is 24.3 Å². The number of aromatic nitrogens is 6. The van der Waals surface area contributed by atoms with E-state index in [0.29, 0.717) is 36.0 Å². The zero-order valence-corrected chi connectivity index (χ0v) is 27.4. The lowest BCUT2D eigenvalue weighted by Crippen LogP contribution is -2.31. The normalized spacial score (nSPS) is 17.8. The monoisotopic (exact) mass is 666 g/mol. The van der Waals surface area contributed by atoms with E-state index in [1.54, 1.807) is 23.3 Å². The van der Waals surface area contributed by atoms with Gasteiger partial charge in [-0.1, -0.05) is 29.5 Å². The van der Waals surface area contributed by atoms with Gasteiger partial charge in [-0.05, 0) is 75.4 Å². The Morgan fingerprint density at radius 2 is 1.92 bits per heavy atom. The minimum absolute atomic E-state index is 0.00695. The number of rotatable bonds is 4. The molecular formula is C37H36F2N6O4. The summed E-state index contributed by atoms with van der Waals surface area (Å²) >= 11 is 0. The number of nitrogens with zero attached hydrogens (tertiary/aromatic N) is 4. The number of ether oxygens (including phenoxy) is 2. The Morgan fingerprint density at radius 1 is 1.06 bits per heavy atom. The molecule has 4 heterocycles. The van der Waals surface area contributed by atoms with Crippen LogP contribution < -0.4 is 4.74 Å². The van der Waals surface area contributed by atoms with E-state index in [1.807, 2.05) is 44.2 Å². The van der Waals surface area contributed by atoms with Gasteiger partial charge >= 0.3 is 5.97 Å². The molecule has 1 unspecified atom stereocenters. The summed E-state index contributed by atoms with van der Waals surface area (Å²) in [6.45, 7) is 6.49. The van der Waals surface area contributed by atoms with Crippen molar-refractivity contribution < 1.29 is 28.2 Å². The highest BCUT2D eigenvalue weighted by molar-refractivity contribution is 5.85. The zero-order chi connectivity index (χ0) is 34.3. The second-order valence-corrected chi connectivity index (χ2v) is 13.4. The SMILES string of the molecule is CC1(C)CCC(C)(c2cccc(CCC(=O)O)c2)c2cnc([nH]2)-c2cc(ccc2F)Oc2c(F)cc3[nH]ccc3c2Cn2cc(nn2)CO1. The van der Waals surface area contributed by atoms with E-state index >= 15 is 8.78 Å². The van der Waals surface area contributed by atoms with Crippen molar-refractivity contribution in [3.05, 3.63) is 113 Å². The highest BCUT2D eigenvalue weighted by atomic mass is 19.1. The number of hydrogen-bond donors (Lipinski definition) is 3. The fourth-order valence-corrected chi connectivity index (χ4v) is 6.39. The molecule has 0 aliphatic carbocycles. The Kier molecular flexibility index (Phi) is 8.27. The average molecular weight is 667 g/mol. The predicted octanol–water partition coefficient (Wildman–Crippen LogP) is 7.68. The highest BCUT2D eigenvalue weighted by Gasteiger charge is 2.34. The van der Waals surface area contributed by atoms with E-state index in [9.17, 15) is 9.90 Å². The van der Waals surface area contributed by atoms with Crippen molar-refractivity contribution in [1.29, 1.82) is 0 Å². The minimum Gasteiger partial charge on any atom is -0.481 e. The molecule has 10 nitrogen and oxygen atoms in total. The fraction of sp³-hybridized carbons (Fsp3) is 0.297. The molecule has 0 spiro atoms. The van der Waals surface area contributed by atoms with Crippen LogP contribution in [-0.2, 0) is 34.5 Å². The van der Waals surface area contributed by atoms with Crippen LogP contribution in [0, 0.1) is 11.6 Å². The summed E-state index contributed by atoms with van der Waals surface area (Å²) < 4.78 is 45.4. The molecule has 6 aromatic rings. The highest BCUT2D eigenvalue weighted by Crippen LogP contribution is 2.41. The van der Waals surface area contributed by atoms with E-state index in [2.05, 4.69) is 32.2 Å². The van der Waals surface area contributed by atoms with Crippen LogP contribution in [0.2, 0.25) is 0 Å². The van der Waals surface area contributed by atoms with Crippen LogP contribution in [0.25, 0.3) is 22.3 Å². The number of imidazole rings is 1. The lowest BCUT2D eigenvalue weighted by molar-refractivity contribution is -0.136. The van der Waals surface area contributed by atoms with Gasteiger partial charge in [-0.15, -0.1) is 5.10 Å². The molecule has 12 heteroatoms. The first-order valence-electron chi connectivity index (χ1n) is 16.1. The van der Waals surface area contributed by atoms with Gasteiger partial charge in [0.05, 0.1) is 30.5 Å². The molecule has 0 saturated carbocycles. The van der Waals surface area contributed by atoms with Crippen LogP contribution in [0.5, 0.6) is 11.5 Å². The molecule has 1 aliphatic rings. The number of benzene rings is 3. The molecule has 0 fully saturated rings. The molecule has 0 amide bonds. The molecule has 7 rings (SSSR count). The summed E-state index contributed by atoms with van der Waals surface area (Å²) in [6.07, 6.45) is 6.85. The summed E-state index contributed by atoms with van der Waals surface area (Å²) in [5.41, 5.74) is 3.28. The van der Waals surface area contributed by atoms with Crippen LogP contribution in [0.1, 0.15) is 68.1 Å². The van der Waals surface area contributed by atoms with E-state index in [4.69, 9.17) is 9.47 Å². The maximum atomic E-state index is 15.7. The molecule has 3 N–H and O–H groups in total. The molecule has 6 bridgehead atoms. The van der Waals surface area contributed by atoms with Crippen LogP contribution in [0.3, 0.4) is 0 Å². The van der Waals surface area contributed by atoms with Crippen molar-refractivity contribution in [2.75, 3.05) is 0 Å². The molecule has 3 aromatic heterocycles. The molecule has 1 atom stereocenters. The summed E-state index contributed by atoms with van der Waals surface area (Å²) in [5, 5.41) is 18.6. The molecule has 3 aromatic carbocycles. The van der Waals surface area contributed by atoms with Crippen molar-refractivity contribution in [1.82, 2.24) is 29.9 Å². The number of aromatic amines is 2. The van der Waals surface area contributed by atoms with E-state index in [0.717, 1.165) is 22.2 Å². The Morgan fingerprint density at radius 3 is 2.76 bits per heavy atom. The smallest absolute Gasteiger partial charge is 0.303 e. The van der Waals surface area contributed by atoms with Crippen molar-refractivity contribution in [2.24, 2.45) is 0 Å². The third-order valence-electron chi connectivity index (χ3n) is 9.39. The Bertz CT molecular complexity index is 2170. The molecule has 49 heavy (non-hydrogen) atoms. The number of aliphatic carboxylic acids is 1. The summed E-state index contributed by atoms with van der Waals surface area (Å²) in [5.74, 6) is -1.47.